The molecular weight excluding hydrogens is 174 g/mol. The predicted octanol–water partition coefficient (Wildman–Crippen LogP) is 2.55. The van der Waals surface area contributed by atoms with E-state index in [4.69, 9.17) is 5.11 Å². The molecule has 0 atom stereocenters. The molecule has 0 aliphatic carbocycles. The smallest absolute Gasteiger partial charge is 0.263 e. The molecule has 0 aromatic heterocycles. The molecular formula is C10H12F2O. The van der Waals surface area contributed by atoms with Crippen molar-refractivity contribution in [3.8, 4) is 0 Å². The fourth-order valence-electron chi connectivity index (χ4n) is 1.17. The van der Waals surface area contributed by atoms with Crippen molar-refractivity contribution in [1.29, 1.82) is 0 Å². The number of aliphatic hydroxyl groups excluding tert-OH is 1. The second-order valence-corrected chi connectivity index (χ2v) is 2.87. The molecule has 0 spiro atoms. The van der Waals surface area contributed by atoms with Crippen LogP contribution in [-0.2, 0) is 6.42 Å². The summed E-state index contributed by atoms with van der Waals surface area (Å²) in [4.78, 5) is 0. The Morgan fingerprint density at radius 1 is 1.31 bits per heavy atom. The van der Waals surface area contributed by atoms with Crippen LogP contribution in [0.4, 0.5) is 8.78 Å². The van der Waals surface area contributed by atoms with E-state index in [1.807, 2.05) is 0 Å². The minimum Gasteiger partial charge on any atom is -0.396 e. The van der Waals surface area contributed by atoms with Crippen molar-refractivity contribution in [2.45, 2.75) is 19.3 Å². The summed E-state index contributed by atoms with van der Waals surface area (Å²) in [6.45, 7) is 0.0961. The summed E-state index contributed by atoms with van der Waals surface area (Å²) < 4.78 is 24.4. The monoisotopic (exact) mass is 186 g/mol. The number of hydrogen-bond donors (Lipinski definition) is 1. The number of benzene rings is 1. The Kier molecular flexibility index (Phi) is 3.83. The molecule has 1 nitrogen and oxygen atoms in total. The minimum atomic E-state index is -2.41. The third-order valence-electron chi connectivity index (χ3n) is 1.83. The van der Waals surface area contributed by atoms with Gasteiger partial charge in [-0.15, -0.1) is 0 Å². The first-order valence-electron chi connectivity index (χ1n) is 4.22. The molecule has 0 fully saturated rings. The van der Waals surface area contributed by atoms with Gasteiger partial charge in [0.05, 0.1) is 0 Å². The maximum absolute atomic E-state index is 12.2. The van der Waals surface area contributed by atoms with E-state index in [9.17, 15) is 8.78 Å². The van der Waals surface area contributed by atoms with Gasteiger partial charge in [0, 0.05) is 12.2 Å². The van der Waals surface area contributed by atoms with Crippen molar-refractivity contribution in [3.05, 3.63) is 35.4 Å². The molecule has 0 radical (unpaired) electrons. The van der Waals surface area contributed by atoms with Gasteiger partial charge in [-0.3, -0.25) is 0 Å². The molecule has 0 saturated carbocycles. The topological polar surface area (TPSA) is 20.2 Å². The minimum absolute atomic E-state index is 0.0513. The molecule has 0 aliphatic heterocycles. The van der Waals surface area contributed by atoms with Gasteiger partial charge in [0.25, 0.3) is 6.43 Å². The van der Waals surface area contributed by atoms with Crippen molar-refractivity contribution in [2.24, 2.45) is 0 Å². The fourth-order valence-corrected chi connectivity index (χ4v) is 1.17. The third-order valence-corrected chi connectivity index (χ3v) is 1.83. The van der Waals surface area contributed by atoms with E-state index < -0.39 is 6.43 Å². The molecule has 1 N–H and O–H groups in total. The Morgan fingerprint density at radius 2 is 2.08 bits per heavy atom. The van der Waals surface area contributed by atoms with E-state index in [-0.39, 0.29) is 12.2 Å². The Labute approximate surface area is 76.0 Å². The van der Waals surface area contributed by atoms with Crippen LogP contribution in [0.2, 0.25) is 0 Å². The van der Waals surface area contributed by atoms with Crippen LogP contribution in [0.1, 0.15) is 24.0 Å². The number of aliphatic hydroxyl groups is 1. The van der Waals surface area contributed by atoms with Gasteiger partial charge in [-0.05, 0) is 18.4 Å². The second-order valence-electron chi connectivity index (χ2n) is 2.87. The molecule has 0 saturated heterocycles. The largest absolute Gasteiger partial charge is 0.396 e. The second kappa shape index (κ2) is 4.92. The summed E-state index contributed by atoms with van der Waals surface area (Å²) >= 11 is 0. The van der Waals surface area contributed by atoms with Crippen molar-refractivity contribution < 1.29 is 13.9 Å². The number of halogens is 2. The number of rotatable bonds is 4. The van der Waals surface area contributed by atoms with Crippen LogP contribution in [0, 0.1) is 0 Å². The van der Waals surface area contributed by atoms with Gasteiger partial charge in [0.15, 0.2) is 0 Å². The van der Waals surface area contributed by atoms with Crippen molar-refractivity contribution in [1.82, 2.24) is 0 Å². The first kappa shape index (κ1) is 10.1. The SMILES string of the molecule is OCCCc1cccc(C(F)F)c1. The maximum atomic E-state index is 12.2. The van der Waals surface area contributed by atoms with E-state index in [2.05, 4.69) is 0 Å². The molecule has 1 rings (SSSR count). The van der Waals surface area contributed by atoms with E-state index in [1.54, 1.807) is 12.1 Å². The molecule has 0 amide bonds. The summed E-state index contributed by atoms with van der Waals surface area (Å²) in [6.07, 6.45) is -1.14. The molecule has 13 heavy (non-hydrogen) atoms. The van der Waals surface area contributed by atoms with Gasteiger partial charge in [-0.25, -0.2) is 8.78 Å². The highest BCUT2D eigenvalue weighted by molar-refractivity contribution is 5.24. The van der Waals surface area contributed by atoms with Crippen LogP contribution in [-0.4, -0.2) is 11.7 Å². The summed E-state index contributed by atoms with van der Waals surface area (Å²) in [6, 6.07) is 6.31. The lowest BCUT2D eigenvalue weighted by Gasteiger charge is -2.03. The van der Waals surface area contributed by atoms with Crippen LogP contribution in [0.25, 0.3) is 0 Å². The van der Waals surface area contributed by atoms with E-state index in [1.165, 1.54) is 12.1 Å². The number of hydrogen-bond acceptors (Lipinski definition) is 1. The lowest BCUT2D eigenvalue weighted by Crippen LogP contribution is -1.91. The molecule has 0 heterocycles. The predicted molar refractivity (Wildman–Crippen MR) is 46.8 cm³/mol. The fraction of sp³-hybridized carbons (Fsp3) is 0.400. The van der Waals surface area contributed by atoms with Gasteiger partial charge >= 0.3 is 0 Å². The molecule has 0 unspecified atom stereocenters. The highest BCUT2D eigenvalue weighted by Gasteiger charge is 2.06. The van der Waals surface area contributed by atoms with Crippen LogP contribution in [0.15, 0.2) is 24.3 Å². The quantitative estimate of drug-likeness (QED) is 0.766. The highest BCUT2D eigenvalue weighted by atomic mass is 19.3. The third kappa shape index (κ3) is 3.11. The number of alkyl halides is 2. The maximum Gasteiger partial charge on any atom is 0.263 e. The van der Waals surface area contributed by atoms with Gasteiger partial charge < -0.3 is 5.11 Å². The summed E-state index contributed by atoms with van der Waals surface area (Å²) in [7, 11) is 0. The van der Waals surface area contributed by atoms with Gasteiger partial charge in [0.1, 0.15) is 0 Å². The summed E-state index contributed by atoms with van der Waals surface area (Å²) in [5.74, 6) is 0. The van der Waals surface area contributed by atoms with Crippen LogP contribution >= 0.6 is 0 Å². The first-order chi connectivity index (χ1) is 6.24. The van der Waals surface area contributed by atoms with Crippen LogP contribution in [0.5, 0.6) is 0 Å². The summed E-state index contributed by atoms with van der Waals surface area (Å²) in [5, 5.41) is 8.56. The van der Waals surface area contributed by atoms with Crippen molar-refractivity contribution in [3.63, 3.8) is 0 Å². The van der Waals surface area contributed by atoms with E-state index in [0.717, 1.165) is 5.56 Å². The van der Waals surface area contributed by atoms with Crippen LogP contribution < -0.4 is 0 Å². The van der Waals surface area contributed by atoms with Gasteiger partial charge in [0.2, 0.25) is 0 Å². The zero-order valence-corrected chi connectivity index (χ0v) is 7.21. The molecule has 0 aliphatic rings. The lowest BCUT2D eigenvalue weighted by molar-refractivity contribution is 0.151. The molecule has 0 bridgehead atoms. The zero-order chi connectivity index (χ0) is 9.68. The average Bonchev–Trinajstić information content (AvgIpc) is 2.15. The highest BCUT2D eigenvalue weighted by Crippen LogP contribution is 2.19. The van der Waals surface area contributed by atoms with Crippen molar-refractivity contribution in [2.75, 3.05) is 6.61 Å². The van der Waals surface area contributed by atoms with Crippen LogP contribution in [0.3, 0.4) is 0 Å². The molecule has 3 heteroatoms. The lowest BCUT2D eigenvalue weighted by atomic mass is 10.1. The normalized spacial score (nSPS) is 10.8. The standard InChI is InChI=1S/C10H12F2O/c11-10(12)9-5-1-3-8(7-9)4-2-6-13/h1,3,5,7,10,13H,2,4,6H2. The Hall–Kier alpha value is -0.960. The van der Waals surface area contributed by atoms with Gasteiger partial charge in [-0.2, -0.15) is 0 Å². The van der Waals surface area contributed by atoms with E-state index >= 15 is 0 Å². The Balaban J connectivity index is 2.68. The van der Waals surface area contributed by atoms with E-state index in [0.29, 0.717) is 12.8 Å². The Morgan fingerprint density at radius 3 is 2.69 bits per heavy atom. The molecule has 1 aromatic rings. The number of aryl methyl sites for hydroxylation is 1. The molecule has 72 valence electrons. The molecule has 1 aromatic carbocycles. The zero-order valence-electron chi connectivity index (χ0n) is 7.21. The first-order valence-corrected chi connectivity index (χ1v) is 4.22. The Bertz CT molecular complexity index is 261. The average molecular weight is 186 g/mol. The van der Waals surface area contributed by atoms with Gasteiger partial charge in [-0.1, -0.05) is 24.3 Å². The van der Waals surface area contributed by atoms with Crippen molar-refractivity contribution >= 4 is 0 Å². The summed E-state index contributed by atoms with van der Waals surface area (Å²) in [5.41, 5.74) is 0.905.